The SMILES string of the molecule is CC(=O)c1ccc2[nH]c(=O)oc2c1.CC1CCN(C(=O)CCc2ccc(C(F)(F)F)cc2)CC1.CCCC.CCCC. The average Bonchev–Trinajstić information content (AvgIpc) is 3.36. The van der Waals surface area contributed by atoms with Crippen LogP contribution in [0.1, 0.15) is 108 Å². The van der Waals surface area contributed by atoms with E-state index in [9.17, 15) is 27.6 Å². The van der Waals surface area contributed by atoms with E-state index in [1.807, 2.05) is 4.90 Å². The van der Waals surface area contributed by atoms with Crippen molar-refractivity contribution in [1.82, 2.24) is 9.88 Å². The Morgan fingerprint density at radius 2 is 1.48 bits per heavy atom. The number of hydrogen-bond acceptors (Lipinski definition) is 4. The molecular formula is C33H47F3N2O4. The van der Waals surface area contributed by atoms with E-state index in [2.05, 4.69) is 39.6 Å². The number of benzene rings is 2. The number of ketones is 1. The van der Waals surface area contributed by atoms with Crippen molar-refractivity contribution in [1.29, 1.82) is 0 Å². The van der Waals surface area contributed by atoms with Gasteiger partial charge in [-0.15, -0.1) is 0 Å². The maximum Gasteiger partial charge on any atom is 0.417 e. The molecule has 0 aliphatic carbocycles. The number of nitrogens with one attached hydrogen (secondary N) is 1. The first kappa shape index (κ1) is 36.7. The van der Waals surface area contributed by atoms with Crippen LogP contribution in [0.25, 0.3) is 11.1 Å². The van der Waals surface area contributed by atoms with Gasteiger partial charge in [0.2, 0.25) is 5.91 Å². The number of alkyl halides is 3. The van der Waals surface area contributed by atoms with Gasteiger partial charge in [-0.05, 0) is 68.0 Å². The Morgan fingerprint density at radius 1 is 0.929 bits per heavy atom. The smallest absolute Gasteiger partial charge is 0.408 e. The molecule has 1 fully saturated rings. The van der Waals surface area contributed by atoms with Crippen molar-refractivity contribution in [2.45, 2.75) is 99.1 Å². The van der Waals surface area contributed by atoms with Gasteiger partial charge in [-0.3, -0.25) is 14.6 Å². The Morgan fingerprint density at radius 3 is 1.95 bits per heavy atom. The Bertz CT molecular complexity index is 1250. The van der Waals surface area contributed by atoms with E-state index >= 15 is 0 Å². The van der Waals surface area contributed by atoms with Crippen molar-refractivity contribution >= 4 is 22.8 Å². The number of unbranched alkanes of at least 4 members (excludes halogenated alkanes) is 2. The minimum absolute atomic E-state index is 0.0502. The third-order valence-corrected chi connectivity index (χ3v) is 6.87. The van der Waals surface area contributed by atoms with E-state index in [4.69, 9.17) is 4.42 Å². The number of nitrogens with zero attached hydrogens (tertiary/aromatic N) is 1. The summed E-state index contributed by atoms with van der Waals surface area (Å²) in [6, 6.07) is 9.90. The number of amides is 1. The summed E-state index contributed by atoms with van der Waals surface area (Å²) in [6.07, 6.45) is 3.89. The predicted octanol–water partition coefficient (Wildman–Crippen LogP) is 8.83. The number of rotatable bonds is 6. The van der Waals surface area contributed by atoms with Crippen molar-refractivity contribution in [2.24, 2.45) is 5.92 Å². The molecule has 42 heavy (non-hydrogen) atoms. The molecule has 1 aromatic heterocycles. The van der Waals surface area contributed by atoms with Crippen molar-refractivity contribution in [3.63, 3.8) is 0 Å². The molecule has 1 saturated heterocycles. The lowest BCUT2D eigenvalue weighted by Gasteiger charge is -2.30. The first-order chi connectivity index (χ1) is 19.9. The lowest BCUT2D eigenvalue weighted by Crippen LogP contribution is -2.37. The number of oxazole rings is 1. The van der Waals surface area contributed by atoms with Gasteiger partial charge in [0.25, 0.3) is 0 Å². The Balaban J connectivity index is 0.000000355. The number of carbonyl (C=O) groups is 2. The summed E-state index contributed by atoms with van der Waals surface area (Å²) < 4.78 is 42.1. The maximum absolute atomic E-state index is 12.4. The van der Waals surface area contributed by atoms with Crippen LogP contribution in [0.5, 0.6) is 0 Å². The highest BCUT2D eigenvalue weighted by atomic mass is 19.4. The van der Waals surface area contributed by atoms with Crippen molar-refractivity contribution in [3.05, 3.63) is 69.7 Å². The lowest BCUT2D eigenvalue weighted by atomic mass is 9.98. The zero-order valence-electron chi connectivity index (χ0n) is 25.9. The molecule has 0 saturated carbocycles. The lowest BCUT2D eigenvalue weighted by molar-refractivity contribution is -0.137. The zero-order chi connectivity index (χ0) is 31.7. The number of aromatic amines is 1. The Hall–Kier alpha value is -3.36. The van der Waals surface area contributed by atoms with Gasteiger partial charge >= 0.3 is 11.9 Å². The molecule has 234 valence electrons. The number of aromatic nitrogens is 1. The molecule has 3 aromatic rings. The standard InChI is InChI=1S/C16H20F3NO.C9H7NO3.2C4H10/c1-12-8-10-20(11-9-12)15(21)7-4-13-2-5-14(6-3-13)16(17,18)19;1-5(11)6-2-3-7-8(4-6)13-9(12)10-7;2*1-3-4-2/h2-3,5-6,12H,4,7-11H2,1H3;2-4H,1H3,(H,10,12);2*3-4H2,1-2H3. The molecule has 0 spiro atoms. The fourth-order valence-corrected chi connectivity index (χ4v) is 3.69. The molecule has 0 bridgehead atoms. The van der Waals surface area contributed by atoms with Gasteiger partial charge < -0.3 is 9.32 Å². The van der Waals surface area contributed by atoms with Gasteiger partial charge in [-0.1, -0.05) is 72.4 Å². The number of Topliss-reactive ketones (excluding diaryl/α,β-unsaturated/α-hetero) is 1. The average molecular weight is 593 g/mol. The van der Waals surface area contributed by atoms with E-state index < -0.39 is 17.5 Å². The van der Waals surface area contributed by atoms with Crippen LogP contribution < -0.4 is 5.76 Å². The highest BCUT2D eigenvalue weighted by Gasteiger charge is 2.30. The number of H-pyrrole nitrogens is 1. The van der Waals surface area contributed by atoms with Gasteiger partial charge in [-0.25, -0.2) is 4.79 Å². The number of fused-ring (bicyclic) bond motifs is 1. The molecule has 9 heteroatoms. The normalized spacial score (nSPS) is 13.2. The molecule has 1 N–H and O–H groups in total. The van der Waals surface area contributed by atoms with E-state index in [0.717, 1.165) is 43.6 Å². The number of piperidine rings is 1. The third kappa shape index (κ3) is 13.5. The highest BCUT2D eigenvalue weighted by molar-refractivity contribution is 5.96. The maximum atomic E-state index is 12.4. The molecule has 4 rings (SSSR count). The molecule has 1 amide bonds. The summed E-state index contributed by atoms with van der Waals surface area (Å²) in [5, 5.41) is 0. The largest absolute Gasteiger partial charge is 0.417 e. The molecule has 2 heterocycles. The zero-order valence-corrected chi connectivity index (χ0v) is 25.9. The van der Waals surface area contributed by atoms with Crippen LogP contribution in [0.3, 0.4) is 0 Å². The molecular weight excluding hydrogens is 545 g/mol. The second-order valence-electron chi connectivity index (χ2n) is 10.5. The fourth-order valence-electron chi connectivity index (χ4n) is 3.69. The number of aryl methyl sites for hydroxylation is 1. The number of hydrogen-bond donors (Lipinski definition) is 1. The molecule has 1 aliphatic rings. The quantitative estimate of drug-likeness (QED) is 0.290. The van der Waals surface area contributed by atoms with Crippen LogP contribution in [0, 0.1) is 5.92 Å². The summed E-state index contributed by atoms with van der Waals surface area (Å²) in [4.78, 5) is 38.1. The topological polar surface area (TPSA) is 83.4 Å². The molecule has 0 atom stereocenters. The van der Waals surface area contributed by atoms with Crippen LogP contribution in [-0.2, 0) is 17.4 Å². The van der Waals surface area contributed by atoms with Crippen molar-refractivity contribution < 1.29 is 27.2 Å². The van der Waals surface area contributed by atoms with E-state index in [0.29, 0.717) is 35.4 Å². The Kier molecular flexibility index (Phi) is 16.5. The Labute approximate surface area is 247 Å². The van der Waals surface area contributed by atoms with Gasteiger partial charge in [-0.2, -0.15) is 13.2 Å². The summed E-state index contributed by atoms with van der Waals surface area (Å²) >= 11 is 0. The van der Waals surface area contributed by atoms with Gasteiger partial charge in [0.1, 0.15) is 0 Å². The summed E-state index contributed by atoms with van der Waals surface area (Å²) in [6.45, 7) is 14.0. The molecule has 1 aliphatic heterocycles. The predicted molar refractivity (Wildman–Crippen MR) is 163 cm³/mol. The van der Waals surface area contributed by atoms with Crippen LogP contribution in [-0.4, -0.2) is 34.7 Å². The fraction of sp³-hybridized carbons (Fsp3) is 0.545. The van der Waals surface area contributed by atoms with Crippen LogP contribution in [0.4, 0.5) is 13.2 Å². The molecule has 6 nitrogen and oxygen atoms in total. The first-order valence-corrected chi connectivity index (χ1v) is 14.9. The third-order valence-electron chi connectivity index (χ3n) is 6.87. The second-order valence-corrected chi connectivity index (χ2v) is 10.5. The molecule has 0 unspecified atom stereocenters. The second kappa shape index (κ2) is 18.9. The monoisotopic (exact) mass is 592 g/mol. The van der Waals surface area contributed by atoms with Crippen LogP contribution in [0.15, 0.2) is 51.7 Å². The number of likely N-dealkylation sites (tertiary alicyclic amines) is 1. The van der Waals surface area contributed by atoms with Gasteiger partial charge in [0.05, 0.1) is 11.1 Å². The van der Waals surface area contributed by atoms with E-state index in [1.54, 1.807) is 18.2 Å². The molecule has 0 radical (unpaired) electrons. The summed E-state index contributed by atoms with van der Waals surface area (Å²) in [7, 11) is 0. The minimum atomic E-state index is -4.31. The van der Waals surface area contributed by atoms with Gasteiger partial charge in [0, 0.05) is 25.1 Å². The summed E-state index contributed by atoms with van der Waals surface area (Å²) in [5.41, 5.74) is 1.67. The minimum Gasteiger partial charge on any atom is -0.408 e. The van der Waals surface area contributed by atoms with E-state index in [-0.39, 0.29) is 11.7 Å². The first-order valence-electron chi connectivity index (χ1n) is 14.9. The molecule has 2 aromatic carbocycles. The van der Waals surface area contributed by atoms with Crippen molar-refractivity contribution in [3.8, 4) is 0 Å². The van der Waals surface area contributed by atoms with Crippen molar-refractivity contribution in [2.75, 3.05) is 13.1 Å². The summed E-state index contributed by atoms with van der Waals surface area (Å²) in [5.74, 6) is 0.215. The number of halogens is 3. The number of carbonyl (C=O) groups excluding carboxylic acids is 2. The van der Waals surface area contributed by atoms with Crippen LogP contribution in [0.2, 0.25) is 0 Å². The van der Waals surface area contributed by atoms with E-state index in [1.165, 1.54) is 44.7 Å². The van der Waals surface area contributed by atoms with Gasteiger partial charge in [0.15, 0.2) is 11.4 Å². The van der Waals surface area contributed by atoms with Crippen LogP contribution >= 0.6 is 0 Å². The highest BCUT2D eigenvalue weighted by Crippen LogP contribution is 2.29.